The number of hydrogen-bond acceptors (Lipinski definition) is 4. The number of nitrogens with one attached hydrogen (secondary N) is 1. The molecule has 0 aliphatic rings. The Kier molecular flexibility index (Phi) is 4.07. The molecule has 1 unspecified atom stereocenters. The molecule has 2 aromatic heterocycles. The largest absolute Gasteiger partial charge is 0.443 e. The van der Waals surface area contributed by atoms with Crippen LogP contribution < -0.4 is 5.32 Å². The zero-order chi connectivity index (χ0) is 14.0. The molecule has 2 aromatic rings. The Labute approximate surface area is 116 Å². The van der Waals surface area contributed by atoms with Gasteiger partial charge in [-0.15, -0.1) is 11.3 Å². The fourth-order valence-electron chi connectivity index (χ4n) is 1.55. The van der Waals surface area contributed by atoms with Gasteiger partial charge in [-0.05, 0) is 19.2 Å². The number of rotatable bonds is 3. The minimum atomic E-state index is -4.42. The summed E-state index contributed by atoms with van der Waals surface area (Å²) in [5, 5.41) is 2.52. The average molecular weight is 308 g/mol. The van der Waals surface area contributed by atoms with E-state index in [1.165, 1.54) is 12.4 Å². The second-order valence-corrected chi connectivity index (χ2v) is 5.19. The molecule has 0 radical (unpaired) electrons. The van der Waals surface area contributed by atoms with Crippen LogP contribution in [-0.2, 0) is 6.18 Å². The van der Waals surface area contributed by atoms with Gasteiger partial charge in [0, 0.05) is 17.3 Å². The lowest BCUT2D eigenvalue weighted by molar-refractivity contribution is -0.137. The summed E-state index contributed by atoms with van der Waals surface area (Å²) in [5.74, 6) is 0. The molecule has 0 fully saturated rings. The van der Waals surface area contributed by atoms with Crippen molar-refractivity contribution in [3.05, 3.63) is 45.1 Å². The molecule has 2 rings (SSSR count). The van der Waals surface area contributed by atoms with Gasteiger partial charge in [0.1, 0.15) is 0 Å². The molecule has 1 N–H and O–H groups in total. The van der Waals surface area contributed by atoms with Crippen molar-refractivity contribution in [2.75, 3.05) is 7.05 Å². The Morgan fingerprint density at radius 3 is 2.47 bits per heavy atom. The Morgan fingerprint density at radius 2 is 2.00 bits per heavy atom. The van der Waals surface area contributed by atoms with Crippen LogP contribution in [0.2, 0.25) is 5.02 Å². The van der Waals surface area contributed by atoms with Crippen LogP contribution in [0.4, 0.5) is 13.2 Å². The van der Waals surface area contributed by atoms with Crippen molar-refractivity contribution in [3.63, 3.8) is 0 Å². The van der Waals surface area contributed by atoms with Gasteiger partial charge < -0.3 is 5.32 Å². The first kappa shape index (κ1) is 14.2. The van der Waals surface area contributed by atoms with Crippen LogP contribution in [0.5, 0.6) is 0 Å². The highest BCUT2D eigenvalue weighted by Gasteiger charge is 2.35. The van der Waals surface area contributed by atoms with Gasteiger partial charge in [-0.25, -0.2) is 4.98 Å². The van der Waals surface area contributed by atoms with Crippen molar-refractivity contribution in [1.82, 2.24) is 15.3 Å². The van der Waals surface area contributed by atoms with Gasteiger partial charge >= 0.3 is 6.18 Å². The normalized spacial score (nSPS) is 13.5. The highest BCUT2D eigenvalue weighted by Crippen LogP contribution is 2.35. The van der Waals surface area contributed by atoms with Crippen LogP contribution in [-0.4, -0.2) is 17.0 Å². The molecule has 3 nitrogen and oxygen atoms in total. The first-order valence-electron chi connectivity index (χ1n) is 5.23. The minimum absolute atomic E-state index is 0.439. The molecule has 0 saturated carbocycles. The summed E-state index contributed by atoms with van der Waals surface area (Å²) in [5.41, 5.74) is 0.587. The molecule has 0 saturated heterocycles. The van der Waals surface area contributed by atoms with Crippen molar-refractivity contribution in [2.45, 2.75) is 12.2 Å². The van der Waals surface area contributed by atoms with Crippen molar-refractivity contribution in [2.24, 2.45) is 0 Å². The number of thiazole rings is 1. The fraction of sp³-hybridized carbons (Fsp3) is 0.273. The van der Waals surface area contributed by atoms with Crippen molar-refractivity contribution in [1.29, 1.82) is 0 Å². The van der Waals surface area contributed by atoms with Crippen molar-refractivity contribution < 1.29 is 13.2 Å². The predicted octanol–water partition coefficient (Wildman–Crippen LogP) is 3.52. The van der Waals surface area contributed by atoms with E-state index in [9.17, 15) is 13.2 Å². The fourth-order valence-corrected chi connectivity index (χ4v) is 2.56. The van der Waals surface area contributed by atoms with Gasteiger partial charge in [-0.1, -0.05) is 11.6 Å². The highest BCUT2D eigenvalue weighted by molar-refractivity contribution is 7.11. The summed E-state index contributed by atoms with van der Waals surface area (Å²) >= 11 is 6.33. The zero-order valence-electron chi connectivity index (χ0n) is 9.70. The summed E-state index contributed by atoms with van der Waals surface area (Å²) in [6, 6.07) is 2.86. The van der Waals surface area contributed by atoms with E-state index >= 15 is 0 Å². The minimum Gasteiger partial charge on any atom is -0.307 e. The van der Waals surface area contributed by atoms with Gasteiger partial charge in [-0.2, -0.15) is 13.2 Å². The molecule has 1 atom stereocenters. The molecule has 2 heterocycles. The third-order valence-corrected chi connectivity index (χ3v) is 3.72. The maximum absolute atomic E-state index is 12.5. The number of halogens is 4. The van der Waals surface area contributed by atoms with Crippen molar-refractivity contribution in [3.8, 4) is 0 Å². The monoisotopic (exact) mass is 307 g/mol. The summed E-state index contributed by atoms with van der Waals surface area (Å²) in [6.07, 6.45) is -1.76. The maximum Gasteiger partial charge on any atom is 0.443 e. The van der Waals surface area contributed by atoms with E-state index in [2.05, 4.69) is 15.3 Å². The maximum atomic E-state index is 12.5. The third-order valence-electron chi connectivity index (χ3n) is 2.39. The van der Waals surface area contributed by atoms with Crippen LogP contribution >= 0.6 is 22.9 Å². The number of alkyl halides is 3. The van der Waals surface area contributed by atoms with Gasteiger partial charge in [0.15, 0.2) is 5.01 Å². The van der Waals surface area contributed by atoms with E-state index in [0.717, 1.165) is 0 Å². The van der Waals surface area contributed by atoms with Gasteiger partial charge in [-0.3, -0.25) is 4.98 Å². The number of aromatic nitrogens is 2. The van der Waals surface area contributed by atoms with Crippen LogP contribution in [0, 0.1) is 0 Å². The first-order valence-corrected chi connectivity index (χ1v) is 6.43. The zero-order valence-corrected chi connectivity index (χ0v) is 11.3. The van der Waals surface area contributed by atoms with Crippen LogP contribution in [0.1, 0.15) is 21.6 Å². The average Bonchev–Trinajstić information content (AvgIpc) is 2.82. The quantitative estimate of drug-likeness (QED) is 0.943. The first-order chi connectivity index (χ1) is 8.91. The summed E-state index contributed by atoms with van der Waals surface area (Å²) in [4.78, 5) is 7.95. The molecule has 0 spiro atoms. The van der Waals surface area contributed by atoms with Gasteiger partial charge in [0.05, 0.1) is 16.8 Å². The lowest BCUT2D eigenvalue weighted by atomic mass is 10.1. The molecule has 0 aliphatic carbocycles. The van der Waals surface area contributed by atoms with E-state index in [4.69, 9.17) is 11.6 Å². The van der Waals surface area contributed by atoms with E-state index in [0.29, 0.717) is 26.9 Å². The van der Waals surface area contributed by atoms with Gasteiger partial charge in [0.2, 0.25) is 0 Å². The van der Waals surface area contributed by atoms with Crippen LogP contribution in [0.15, 0.2) is 24.5 Å². The second kappa shape index (κ2) is 5.44. The van der Waals surface area contributed by atoms with Crippen LogP contribution in [0.3, 0.4) is 0 Å². The highest BCUT2D eigenvalue weighted by atomic mass is 35.5. The molecule has 102 valence electrons. The second-order valence-electron chi connectivity index (χ2n) is 3.69. The Morgan fingerprint density at radius 1 is 1.26 bits per heavy atom. The van der Waals surface area contributed by atoms with Crippen molar-refractivity contribution >= 4 is 22.9 Å². The molecular formula is C11H9ClF3N3S. The Balaban J connectivity index is 2.32. The number of nitrogens with zero attached hydrogens (tertiary/aromatic N) is 2. The summed E-state index contributed by atoms with van der Waals surface area (Å²) in [6.45, 7) is 0. The smallest absolute Gasteiger partial charge is 0.307 e. The molecule has 0 amide bonds. The number of pyridine rings is 1. The lowest BCUT2D eigenvalue weighted by Crippen LogP contribution is -2.17. The molecular weight excluding hydrogens is 299 g/mol. The standard InChI is InChI=1S/C11H9ClF3N3S/c1-16-9(7-3-2-6(12)4-17-7)8-5-18-10(19-8)11(13,14)15/h2-5,9,16H,1H3. The topological polar surface area (TPSA) is 37.8 Å². The molecule has 19 heavy (non-hydrogen) atoms. The Hall–Kier alpha value is -1.18. The van der Waals surface area contributed by atoms with E-state index < -0.39 is 17.2 Å². The third kappa shape index (κ3) is 3.23. The van der Waals surface area contributed by atoms with E-state index in [-0.39, 0.29) is 0 Å². The van der Waals surface area contributed by atoms with Crippen LogP contribution in [0.25, 0.3) is 0 Å². The predicted molar refractivity (Wildman–Crippen MR) is 67.3 cm³/mol. The molecule has 0 bridgehead atoms. The molecule has 0 aromatic carbocycles. The summed E-state index contributed by atoms with van der Waals surface area (Å²) < 4.78 is 37.6. The lowest BCUT2D eigenvalue weighted by Gasteiger charge is -2.13. The molecule has 8 heteroatoms. The number of hydrogen-bond donors (Lipinski definition) is 1. The SMILES string of the molecule is CNC(c1ccc(Cl)cn1)c1cnc(C(F)(F)F)s1. The Bertz CT molecular complexity index is 553. The van der Waals surface area contributed by atoms with E-state index in [1.54, 1.807) is 19.2 Å². The molecule has 0 aliphatic heterocycles. The summed E-state index contributed by atoms with van der Waals surface area (Å²) in [7, 11) is 1.65. The van der Waals surface area contributed by atoms with E-state index in [1.807, 2.05) is 0 Å². The van der Waals surface area contributed by atoms with Gasteiger partial charge in [0.25, 0.3) is 0 Å².